The molecule has 0 N–H and O–H groups in total. The summed E-state index contributed by atoms with van der Waals surface area (Å²) in [4.78, 5) is 40.4. The molecule has 12 heteroatoms. The van der Waals surface area contributed by atoms with E-state index in [1.165, 1.54) is 22.7 Å². The number of carbonyl (C=O) groups is 2. The van der Waals surface area contributed by atoms with Crippen molar-refractivity contribution in [2.45, 2.75) is 82.3 Å². The van der Waals surface area contributed by atoms with Crippen LogP contribution in [-0.2, 0) is 25.5 Å². The van der Waals surface area contributed by atoms with Crippen molar-refractivity contribution in [3.63, 3.8) is 0 Å². The highest BCUT2D eigenvalue weighted by Crippen LogP contribution is 2.58. The molecule has 4 heterocycles. The van der Waals surface area contributed by atoms with Gasteiger partial charge in [-0.2, -0.15) is 21.0 Å². The first-order valence-electron chi connectivity index (χ1n) is 22.7. The Labute approximate surface area is 395 Å². The molecule has 8 aliphatic rings. The van der Waals surface area contributed by atoms with Crippen LogP contribution in [0.5, 0.6) is 0 Å². The molecule has 0 saturated heterocycles. The number of allylic oxidation sites excluding steroid dienone is 17. The zero-order chi connectivity index (χ0) is 46.2. The van der Waals surface area contributed by atoms with Gasteiger partial charge in [0.05, 0.1) is 9.75 Å². The van der Waals surface area contributed by atoms with Gasteiger partial charge in [-0.15, -0.1) is 22.7 Å². The summed E-state index contributed by atoms with van der Waals surface area (Å²) in [6.45, 7) is 5.58. The number of benzene rings is 1. The molecule has 3 saturated carbocycles. The summed E-state index contributed by atoms with van der Waals surface area (Å²) >= 11 is 3.01. The minimum atomic E-state index is -0.652. The Kier molecular flexibility index (Phi) is 10.2. The summed E-state index contributed by atoms with van der Waals surface area (Å²) in [5.41, 5.74) is 5.19. The summed E-state index contributed by atoms with van der Waals surface area (Å²) < 4.78 is 14.4. The number of aromatic nitrogens is 2. The van der Waals surface area contributed by atoms with Crippen molar-refractivity contribution in [2.75, 3.05) is 0 Å². The van der Waals surface area contributed by atoms with Crippen molar-refractivity contribution in [1.82, 2.24) is 9.97 Å². The van der Waals surface area contributed by atoms with E-state index >= 15 is 0 Å². The number of hydrogen-bond donors (Lipinski definition) is 0. The van der Waals surface area contributed by atoms with Gasteiger partial charge in [0, 0.05) is 56.4 Å². The number of ketones is 2. The van der Waals surface area contributed by atoms with Crippen molar-refractivity contribution in [3.8, 4) is 24.3 Å². The fourth-order valence-electron chi connectivity index (χ4n) is 11.3. The number of Topliss-reactive ketones (excluding diaryl/α,β-unsaturated/α-hetero) is 2. The summed E-state index contributed by atoms with van der Waals surface area (Å²) in [6, 6.07) is 15.1. The maximum Gasteiger partial charge on any atom is 0.194 e. The molecular formula is C55H40N6O4S2. The summed E-state index contributed by atoms with van der Waals surface area (Å²) in [5, 5.41) is 41.2. The summed E-state index contributed by atoms with van der Waals surface area (Å²) in [5.74, 6) is 0.945. The Bertz CT molecular complexity index is 3300. The number of ether oxygens (including phenoxy) is 2. The predicted octanol–water partition coefficient (Wildman–Crippen LogP) is 11.9. The first kappa shape index (κ1) is 42.2. The Morgan fingerprint density at radius 2 is 1.13 bits per heavy atom. The van der Waals surface area contributed by atoms with Crippen LogP contribution in [-0.4, -0.2) is 21.5 Å². The fourth-order valence-corrected chi connectivity index (χ4v) is 13.5. The third-order valence-electron chi connectivity index (χ3n) is 14.3. The van der Waals surface area contributed by atoms with Crippen LogP contribution in [0.2, 0.25) is 0 Å². The molecule has 3 fully saturated rings. The van der Waals surface area contributed by atoms with Gasteiger partial charge in [-0.1, -0.05) is 74.1 Å². The lowest BCUT2D eigenvalue weighted by atomic mass is 9.73. The van der Waals surface area contributed by atoms with Crippen molar-refractivity contribution in [2.24, 2.45) is 11.8 Å². The SMILES string of the molecule is C=CC=C1C(=C(C#N)C#N)/C(=C/c2nc3c(s2)C2=CC4C=C5OC6(CCCCC6)c6nc(/C=C7\C(=O)c8ccccc8C7=C(C#N)C#N)sc6C5=CC4C=C2OC32CCCCC2)C(=O)/C1=C/C. The average molecular weight is 913 g/mol. The van der Waals surface area contributed by atoms with E-state index in [0.29, 0.717) is 43.4 Å². The van der Waals surface area contributed by atoms with Crippen LogP contribution in [0.4, 0.5) is 0 Å². The van der Waals surface area contributed by atoms with Crippen LogP contribution < -0.4 is 0 Å². The largest absolute Gasteiger partial charge is 0.481 e. The van der Waals surface area contributed by atoms with E-state index in [9.17, 15) is 30.6 Å². The summed E-state index contributed by atoms with van der Waals surface area (Å²) in [6.07, 6.45) is 26.7. The van der Waals surface area contributed by atoms with Gasteiger partial charge >= 0.3 is 0 Å². The Balaban J connectivity index is 1.02. The zero-order valence-corrected chi connectivity index (χ0v) is 38.2. The van der Waals surface area contributed by atoms with Crippen LogP contribution in [0.1, 0.15) is 118 Å². The second kappa shape index (κ2) is 16.1. The van der Waals surface area contributed by atoms with Crippen LogP contribution in [0.15, 0.2) is 124 Å². The van der Waals surface area contributed by atoms with Crippen LogP contribution in [0.25, 0.3) is 28.9 Å². The molecule has 3 aromatic rings. The number of hydrogen-bond acceptors (Lipinski definition) is 12. The van der Waals surface area contributed by atoms with Crippen LogP contribution >= 0.6 is 22.7 Å². The molecule has 0 amide bonds. The number of nitrogens with zero attached hydrogens (tertiary/aromatic N) is 6. The quantitative estimate of drug-likeness (QED) is 0.182. The molecule has 2 aliphatic heterocycles. The number of nitriles is 4. The molecule has 2 spiro atoms. The Morgan fingerprint density at radius 3 is 1.61 bits per heavy atom. The van der Waals surface area contributed by atoms with Crippen molar-refractivity contribution >= 4 is 63.1 Å². The first-order valence-corrected chi connectivity index (χ1v) is 24.3. The van der Waals surface area contributed by atoms with E-state index in [2.05, 4.69) is 30.9 Å². The first-order chi connectivity index (χ1) is 32.7. The van der Waals surface area contributed by atoms with Gasteiger partial charge in [0.15, 0.2) is 22.8 Å². The van der Waals surface area contributed by atoms with Gasteiger partial charge in [0.1, 0.15) is 68.3 Å². The minimum absolute atomic E-state index is 0.0715. The molecule has 10 nitrogen and oxygen atoms in total. The second-order valence-corrected chi connectivity index (χ2v) is 20.0. The normalized spacial score (nSPS) is 24.9. The molecule has 1 aromatic carbocycles. The monoisotopic (exact) mass is 912 g/mol. The molecule has 11 rings (SSSR count). The fraction of sp³-hybridized carbons (Fsp3) is 0.273. The van der Waals surface area contributed by atoms with Gasteiger partial charge in [0.25, 0.3) is 0 Å². The van der Waals surface area contributed by atoms with Gasteiger partial charge < -0.3 is 9.47 Å². The van der Waals surface area contributed by atoms with E-state index in [-0.39, 0.29) is 45.7 Å². The number of rotatable bonds is 3. The molecule has 67 heavy (non-hydrogen) atoms. The van der Waals surface area contributed by atoms with E-state index in [0.717, 1.165) is 108 Å². The van der Waals surface area contributed by atoms with Gasteiger partial charge in [-0.05, 0) is 93.7 Å². The number of fused-ring (bicyclic) bond motifs is 10. The summed E-state index contributed by atoms with van der Waals surface area (Å²) in [7, 11) is 0. The smallest absolute Gasteiger partial charge is 0.194 e. The highest BCUT2D eigenvalue weighted by molar-refractivity contribution is 7.14. The maximum absolute atomic E-state index is 14.0. The number of carbonyl (C=O) groups excluding carboxylic acids is 2. The van der Waals surface area contributed by atoms with Crippen LogP contribution in [0.3, 0.4) is 0 Å². The van der Waals surface area contributed by atoms with Gasteiger partial charge in [0.2, 0.25) is 0 Å². The molecule has 2 unspecified atom stereocenters. The maximum atomic E-state index is 14.0. The lowest BCUT2D eigenvalue weighted by molar-refractivity contribution is -0.111. The lowest BCUT2D eigenvalue weighted by Gasteiger charge is -2.45. The van der Waals surface area contributed by atoms with E-state index in [1.807, 2.05) is 24.3 Å². The van der Waals surface area contributed by atoms with Crippen molar-refractivity contribution in [1.29, 1.82) is 21.0 Å². The average Bonchev–Trinajstić information content (AvgIpc) is 4.11. The topological polar surface area (TPSA) is 174 Å². The third-order valence-corrected chi connectivity index (χ3v) is 16.4. The van der Waals surface area contributed by atoms with Crippen molar-refractivity contribution in [3.05, 3.63) is 166 Å². The lowest BCUT2D eigenvalue weighted by Crippen LogP contribution is -2.38. The Morgan fingerprint density at radius 1 is 0.657 bits per heavy atom. The van der Waals surface area contributed by atoms with E-state index < -0.39 is 11.2 Å². The van der Waals surface area contributed by atoms with Gasteiger partial charge in [-0.3, -0.25) is 9.59 Å². The molecule has 0 bridgehead atoms. The second-order valence-electron chi connectivity index (χ2n) is 17.9. The predicted molar refractivity (Wildman–Crippen MR) is 255 cm³/mol. The Hall–Kier alpha value is -7.48. The van der Waals surface area contributed by atoms with Crippen LogP contribution in [0, 0.1) is 57.2 Å². The molecule has 6 aliphatic carbocycles. The zero-order valence-electron chi connectivity index (χ0n) is 36.6. The minimum Gasteiger partial charge on any atom is -0.481 e. The molecule has 2 atom stereocenters. The highest BCUT2D eigenvalue weighted by atomic mass is 32.1. The van der Waals surface area contributed by atoms with E-state index in [4.69, 9.17) is 19.4 Å². The molecule has 2 aromatic heterocycles. The molecule has 326 valence electrons. The van der Waals surface area contributed by atoms with E-state index in [1.54, 1.807) is 61.6 Å². The highest BCUT2D eigenvalue weighted by Gasteiger charge is 2.50. The van der Waals surface area contributed by atoms with Crippen molar-refractivity contribution < 1.29 is 19.1 Å². The third kappa shape index (κ3) is 6.43. The number of thiazole rings is 2. The molecule has 0 radical (unpaired) electrons. The standard InChI is InChI=1S/C55H40N6O4S2/c1-3-13-35-34(4-2)48(62)40(46(35)32(26-56)27-57)24-44-60-52-50(66-44)38-20-30-23-43-39(21-31(30)22-42(38)64-54(52)16-9-5-10-17-54)51-53(55(65-43)18-11-6-12-19-55)61-45(67-51)25-41-47(33(28-58)29-59)36-14-7-8-15-37(36)49(41)63/h3-4,7-8,13-15,20-25,30-31H,1,5-6,9-12,16-19H2,2H3/b34-4+,35-13?,40-24-,41-25-. The molecular weight excluding hydrogens is 873 g/mol. The van der Waals surface area contributed by atoms with Gasteiger partial charge in [-0.25, -0.2) is 9.97 Å².